The van der Waals surface area contributed by atoms with Crippen LogP contribution in [0.25, 0.3) is 0 Å². The molecule has 1 heterocycles. The summed E-state index contributed by atoms with van der Waals surface area (Å²) in [4.78, 5) is 0. The first-order chi connectivity index (χ1) is 7.20. The molecular formula is C13H18FN. The van der Waals surface area contributed by atoms with E-state index in [-0.39, 0.29) is 11.9 Å². The molecule has 1 aliphatic heterocycles. The van der Waals surface area contributed by atoms with E-state index in [4.69, 9.17) is 0 Å². The molecule has 1 nitrogen and oxygen atoms in total. The van der Waals surface area contributed by atoms with Crippen molar-refractivity contribution in [2.75, 3.05) is 6.54 Å². The third-order valence-corrected chi connectivity index (χ3v) is 3.39. The molecule has 2 heteroatoms. The molecule has 15 heavy (non-hydrogen) atoms. The van der Waals surface area contributed by atoms with Gasteiger partial charge in [-0.1, -0.05) is 12.5 Å². The zero-order valence-corrected chi connectivity index (χ0v) is 9.44. The van der Waals surface area contributed by atoms with Crippen molar-refractivity contribution in [2.45, 2.75) is 39.2 Å². The third kappa shape index (κ3) is 2.05. The average molecular weight is 207 g/mol. The fourth-order valence-electron chi connectivity index (χ4n) is 2.33. The highest BCUT2D eigenvalue weighted by Gasteiger charge is 2.20. The van der Waals surface area contributed by atoms with E-state index in [0.717, 1.165) is 24.1 Å². The van der Waals surface area contributed by atoms with E-state index in [1.54, 1.807) is 6.07 Å². The fourth-order valence-corrected chi connectivity index (χ4v) is 2.33. The maximum Gasteiger partial charge on any atom is 0.128 e. The van der Waals surface area contributed by atoms with E-state index in [2.05, 4.69) is 5.32 Å². The lowest BCUT2D eigenvalue weighted by Gasteiger charge is -2.26. The van der Waals surface area contributed by atoms with Crippen LogP contribution >= 0.6 is 0 Å². The molecule has 82 valence electrons. The van der Waals surface area contributed by atoms with Crippen LogP contribution in [0.3, 0.4) is 0 Å². The molecule has 0 amide bonds. The van der Waals surface area contributed by atoms with Crippen molar-refractivity contribution in [2.24, 2.45) is 0 Å². The van der Waals surface area contributed by atoms with Gasteiger partial charge < -0.3 is 5.32 Å². The Morgan fingerprint density at radius 2 is 2.07 bits per heavy atom. The van der Waals surface area contributed by atoms with Crippen LogP contribution < -0.4 is 5.32 Å². The lowest BCUT2D eigenvalue weighted by molar-refractivity contribution is 0.398. The fraction of sp³-hybridized carbons (Fsp3) is 0.538. The number of nitrogens with one attached hydrogen (secondary N) is 1. The summed E-state index contributed by atoms with van der Waals surface area (Å²) in [6.07, 6.45) is 3.47. The van der Waals surface area contributed by atoms with Gasteiger partial charge in [0, 0.05) is 11.6 Å². The predicted molar refractivity (Wildman–Crippen MR) is 60.5 cm³/mol. The Kier molecular flexibility index (Phi) is 3.06. The van der Waals surface area contributed by atoms with Crippen molar-refractivity contribution in [1.29, 1.82) is 0 Å². The van der Waals surface area contributed by atoms with E-state index in [0.29, 0.717) is 0 Å². The second kappa shape index (κ2) is 4.31. The summed E-state index contributed by atoms with van der Waals surface area (Å²) >= 11 is 0. The van der Waals surface area contributed by atoms with Gasteiger partial charge >= 0.3 is 0 Å². The average Bonchev–Trinajstić information content (AvgIpc) is 2.26. The molecule has 1 N–H and O–H groups in total. The van der Waals surface area contributed by atoms with Crippen molar-refractivity contribution < 1.29 is 4.39 Å². The van der Waals surface area contributed by atoms with Gasteiger partial charge in [-0.15, -0.1) is 0 Å². The van der Waals surface area contributed by atoms with Gasteiger partial charge in [-0.05, 0) is 50.4 Å². The molecule has 1 unspecified atom stereocenters. The summed E-state index contributed by atoms with van der Waals surface area (Å²) in [5, 5.41) is 3.40. The van der Waals surface area contributed by atoms with Crippen molar-refractivity contribution >= 4 is 0 Å². The maximum atomic E-state index is 13.8. The highest BCUT2D eigenvalue weighted by molar-refractivity contribution is 5.36. The minimum absolute atomic E-state index is 0.0579. The number of piperidine rings is 1. The molecule has 0 spiro atoms. The third-order valence-electron chi connectivity index (χ3n) is 3.39. The van der Waals surface area contributed by atoms with Gasteiger partial charge in [0.1, 0.15) is 5.82 Å². The summed E-state index contributed by atoms with van der Waals surface area (Å²) in [5.41, 5.74) is 3.17. The highest BCUT2D eigenvalue weighted by atomic mass is 19.1. The Labute approximate surface area is 90.7 Å². The molecule has 2 rings (SSSR count). The van der Waals surface area contributed by atoms with Crippen LogP contribution in [0.15, 0.2) is 12.1 Å². The molecule has 0 saturated carbocycles. The van der Waals surface area contributed by atoms with Gasteiger partial charge in [-0.25, -0.2) is 4.39 Å². The molecule has 1 atom stereocenters. The Hall–Kier alpha value is -0.890. The largest absolute Gasteiger partial charge is 0.310 e. The molecule has 1 aliphatic rings. The normalized spacial score (nSPS) is 21.7. The van der Waals surface area contributed by atoms with Crippen molar-refractivity contribution in [3.05, 3.63) is 34.6 Å². The number of aryl methyl sites for hydroxylation is 1. The number of halogens is 1. The zero-order valence-electron chi connectivity index (χ0n) is 9.44. The van der Waals surface area contributed by atoms with Crippen LogP contribution in [0.2, 0.25) is 0 Å². The van der Waals surface area contributed by atoms with Crippen molar-refractivity contribution in [1.82, 2.24) is 5.32 Å². The molecule has 1 aromatic rings. The summed E-state index contributed by atoms with van der Waals surface area (Å²) in [6.45, 7) is 5.07. The van der Waals surface area contributed by atoms with Gasteiger partial charge in [0.15, 0.2) is 0 Å². The first-order valence-corrected chi connectivity index (χ1v) is 5.69. The van der Waals surface area contributed by atoms with Crippen molar-refractivity contribution in [3.63, 3.8) is 0 Å². The predicted octanol–water partition coefficient (Wildman–Crippen LogP) is 3.26. The lowest BCUT2D eigenvalue weighted by atomic mass is 9.91. The van der Waals surface area contributed by atoms with Crippen LogP contribution in [-0.2, 0) is 0 Å². The standard InChI is InChI=1S/C13H18FN/c1-9-6-7-11(14)13(10(9)2)12-5-3-4-8-15-12/h6-7,12,15H,3-5,8H2,1-2H3. The summed E-state index contributed by atoms with van der Waals surface area (Å²) in [6, 6.07) is 3.67. The molecule has 0 aromatic heterocycles. The zero-order chi connectivity index (χ0) is 10.8. The molecule has 0 radical (unpaired) electrons. The van der Waals surface area contributed by atoms with Crippen LogP contribution in [0.1, 0.15) is 42.0 Å². The number of hydrogen-bond donors (Lipinski definition) is 1. The minimum Gasteiger partial charge on any atom is -0.310 e. The van der Waals surface area contributed by atoms with Crippen molar-refractivity contribution in [3.8, 4) is 0 Å². The van der Waals surface area contributed by atoms with Gasteiger partial charge in [-0.3, -0.25) is 0 Å². The SMILES string of the molecule is Cc1ccc(F)c(C2CCCCN2)c1C. The summed E-state index contributed by atoms with van der Waals surface area (Å²) in [7, 11) is 0. The van der Waals surface area contributed by atoms with E-state index < -0.39 is 0 Å². The Balaban J connectivity index is 2.36. The Morgan fingerprint density at radius 3 is 2.73 bits per heavy atom. The maximum absolute atomic E-state index is 13.8. The molecule has 0 bridgehead atoms. The molecule has 1 fully saturated rings. The summed E-state index contributed by atoms with van der Waals surface area (Å²) < 4.78 is 13.8. The van der Waals surface area contributed by atoms with Crippen LogP contribution in [0.5, 0.6) is 0 Å². The Bertz CT molecular complexity index is 354. The molecule has 1 saturated heterocycles. The van der Waals surface area contributed by atoms with Crippen LogP contribution in [-0.4, -0.2) is 6.54 Å². The Morgan fingerprint density at radius 1 is 1.27 bits per heavy atom. The van der Waals surface area contributed by atoms with E-state index >= 15 is 0 Å². The summed E-state index contributed by atoms with van der Waals surface area (Å²) in [5.74, 6) is -0.0579. The van der Waals surface area contributed by atoms with Gasteiger partial charge in [0.05, 0.1) is 0 Å². The quantitative estimate of drug-likeness (QED) is 0.745. The first kappa shape index (κ1) is 10.6. The number of rotatable bonds is 1. The van der Waals surface area contributed by atoms with Gasteiger partial charge in [0.25, 0.3) is 0 Å². The van der Waals surface area contributed by atoms with Crippen LogP contribution in [0, 0.1) is 19.7 Å². The minimum atomic E-state index is -0.0579. The molecule has 0 aliphatic carbocycles. The topological polar surface area (TPSA) is 12.0 Å². The first-order valence-electron chi connectivity index (χ1n) is 5.69. The second-order valence-corrected chi connectivity index (χ2v) is 4.41. The highest BCUT2D eigenvalue weighted by Crippen LogP contribution is 2.29. The van der Waals surface area contributed by atoms with Crippen LogP contribution in [0.4, 0.5) is 4.39 Å². The molecular weight excluding hydrogens is 189 g/mol. The molecule has 1 aromatic carbocycles. The number of benzene rings is 1. The smallest absolute Gasteiger partial charge is 0.128 e. The monoisotopic (exact) mass is 207 g/mol. The van der Waals surface area contributed by atoms with Gasteiger partial charge in [0.2, 0.25) is 0 Å². The van der Waals surface area contributed by atoms with E-state index in [9.17, 15) is 4.39 Å². The van der Waals surface area contributed by atoms with E-state index in [1.807, 2.05) is 19.9 Å². The second-order valence-electron chi connectivity index (χ2n) is 4.41. The number of hydrogen-bond acceptors (Lipinski definition) is 1. The van der Waals surface area contributed by atoms with Gasteiger partial charge in [-0.2, -0.15) is 0 Å². The lowest BCUT2D eigenvalue weighted by Crippen LogP contribution is -2.28. The van der Waals surface area contributed by atoms with E-state index in [1.165, 1.54) is 18.4 Å².